The number of urea groups is 1. The third-order valence-electron chi connectivity index (χ3n) is 3.02. The highest BCUT2D eigenvalue weighted by molar-refractivity contribution is 6.00. The Labute approximate surface area is 119 Å². The Morgan fingerprint density at radius 1 is 0.900 bits per heavy atom. The van der Waals surface area contributed by atoms with E-state index in [1.807, 2.05) is 45.0 Å². The van der Waals surface area contributed by atoms with Gasteiger partial charge >= 0.3 is 6.03 Å². The molecule has 0 radical (unpaired) electrons. The summed E-state index contributed by atoms with van der Waals surface area (Å²) < 4.78 is 0. The maximum absolute atomic E-state index is 11.9. The second-order valence-electron chi connectivity index (χ2n) is 5.03. The van der Waals surface area contributed by atoms with Crippen molar-refractivity contribution in [2.45, 2.75) is 20.8 Å². The molecular weight excluding hydrogens is 250 g/mol. The molecule has 4 heteroatoms. The molecule has 0 fully saturated rings. The van der Waals surface area contributed by atoms with E-state index in [1.54, 1.807) is 6.07 Å². The van der Waals surface area contributed by atoms with Crippen LogP contribution in [-0.2, 0) is 0 Å². The summed E-state index contributed by atoms with van der Waals surface area (Å²) in [6.07, 6.45) is 0. The lowest BCUT2D eigenvalue weighted by Gasteiger charge is -2.10. The molecule has 4 N–H and O–H groups in total. The summed E-state index contributed by atoms with van der Waals surface area (Å²) in [6.45, 7) is 5.92. The Hall–Kier alpha value is -2.49. The average molecular weight is 269 g/mol. The van der Waals surface area contributed by atoms with Gasteiger partial charge in [0.15, 0.2) is 0 Å². The van der Waals surface area contributed by atoms with Gasteiger partial charge in [0.25, 0.3) is 0 Å². The zero-order chi connectivity index (χ0) is 14.7. The fourth-order valence-electron chi connectivity index (χ4n) is 2.06. The number of amides is 2. The third kappa shape index (κ3) is 3.51. The van der Waals surface area contributed by atoms with Crippen molar-refractivity contribution in [2.24, 2.45) is 0 Å². The van der Waals surface area contributed by atoms with Crippen LogP contribution in [0.1, 0.15) is 16.7 Å². The van der Waals surface area contributed by atoms with Gasteiger partial charge in [-0.15, -0.1) is 0 Å². The van der Waals surface area contributed by atoms with Crippen molar-refractivity contribution in [3.63, 3.8) is 0 Å². The van der Waals surface area contributed by atoms with Gasteiger partial charge in [0.1, 0.15) is 0 Å². The number of carbonyl (C=O) groups excluding carboxylic acids is 1. The first-order chi connectivity index (χ1) is 9.44. The minimum Gasteiger partial charge on any atom is -0.398 e. The SMILES string of the molecule is Cc1cc(C)cc(NC(=O)Nc2ccc(C)c(N)c2)c1. The minimum absolute atomic E-state index is 0.279. The Morgan fingerprint density at radius 3 is 2.10 bits per heavy atom. The second-order valence-corrected chi connectivity index (χ2v) is 5.03. The molecule has 0 atom stereocenters. The number of rotatable bonds is 2. The summed E-state index contributed by atoms with van der Waals surface area (Å²) in [5, 5.41) is 5.58. The highest BCUT2D eigenvalue weighted by Crippen LogP contribution is 2.18. The molecule has 0 aromatic heterocycles. The number of aryl methyl sites for hydroxylation is 3. The van der Waals surface area contributed by atoms with Gasteiger partial charge in [-0.3, -0.25) is 0 Å². The van der Waals surface area contributed by atoms with E-state index in [1.165, 1.54) is 0 Å². The third-order valence-corrected chi connectivity index (χ3v) is 3.02. The average Bonchev–Trinajstić information content (AvgIpc) is 2.32. The summed E-state index contributed by atoms with van der Waals surface area (Å²) in [5.74, 6) is 0. The number of nitrogens with two attached hydrogens (primary N) is 1. The number of hydrogen-bond donors (Lipinski definition) is 3. The van der Waals surface area contributed by atoms with Crippen molar-refractivity contribution in [3.8, 4) is 0 Å². The number of anilines is 3. The zero-order valence-corrected chi connectivity index (χ0v) is 11.9. The topological polar surface area (TPSA) is 67.2 Å². The van der Waals surface area contributed by atoms with E-state index >= 15 is 0 Å². The van der Waals surface area contributed by atoms with Crippen LogP contribution in [0.4, 0.5) is 21.9 Å². The van der Waals surface area contributed by atoms with Gasteiger partial charge in [0, 0.05) is 17.1 Å². The Balaban J connectivity index is 2.06. The van der Waals surface area contributed by atoms with Crippen LogP contribution in [0, 0.1) is 20.8 Å². The highest BCUT2D eigenvalue weighted by atomic mass is 16.2. The highest BCUT2D eigenvalue weighted by Gasteiger charge is 2.04. The monoisotopic (exact) mass is 269 g/mol. The quantitative estimate of drug-likeness (QED) is 0.725. The first-order valence-corrected chi connectivity index (χ1v) is 6.46. The molecule has 0 spiro atoms. The second kappa shape index (κ2) is 5.65. The maximum Gasteiger partial charge on any atom is 0.323 e. The van der Waals surface area contributed by atoms with Gasteiger partial charge in [-0.2, -0.15) is 0 Å². The Bertz CT molecular complexity index is 630. The summed E-state index contributed by atoms with van der Waals surface area (Å²) >= 11 is 0. The smallest absolute Gasteiger partial charge is 0.323 e. The molecule has 2 amide bonds. The van der Waals surface area contributed by atoms with Crippen LogP contribution in [0.3, 0.4) is 0 Å². The molecule has 0 bridgehead atoms. The molecule has 2 rings (SSSR count). The van der Waals surface area contributed by atoms with Crippen LogP contribution < -0.4 is 16.4 Å². The van der Waals surface area contributed by atoms with Crippen LogP contribution >= 0.6 is 0 Å². The first kappa shape index (κ1) is 13.9. The molecular formula is C16H19N3O. The Kier molecular flexibility index (Phi) is 3.94. The normalized spacial score (nSPS) is 10.2. The van der Waals surface area contributed by atoms with E-state index in [2.05, 4.69) is 16.7 Å². The molecule has 2 aromatic carbocycles. The number of benzene rings is 2. The van der Waals surface area contributed by atoms with E-state index in [0.29, 0.717) is 11.4 Å². The molecule has 0 aliphatic carbocycles. The number of nitrogens with one attached hydrogen (secondary N) is 2. The molecule has 0 unspecified atom stereocenters. The lowest BCUT2D eigenvalue weighted by atomic mass is 10.1. The van der Waals surface area contributed by atoms with E-state index in [4.69, 9.17) is 5.73 Å². The van der Waals surface area contributed by atoms with Gasteiger partial charge in [0.2, 0.25) is 0 Å². The number of carbonyl (C=O) groups is 1. The van der Waals surface area contributed by atoms with Crippen molar-refractivity contribution < 1.29 is 4.79 Å². The van der Waals surface area contributed by atoms with Gasteiger partial charge in [-0.1, -0.05) is 12.1 Å². The van der Waals surface area contributed by atoms with Crippen molar-refractivity contribution in [1.29, 1.82) is 0 Å². The summed E-state index contributed by atoms with van der Waals surface area (Å²) in [6, 6.07) is 11.1. The van der Waals surface area contributed by atoms with E-state index in [-0.39, 0.29) is 6.03 Å². The van der Waals surface area contributed by atoms with Gasteiger partial charge in [-0.05, 0) is 61.7 Å². The molecule has 0 saturated carbocycles. The molecule has 104 valence electrons. The van der Waals surface area contributed by atoms with Crippen molar-refractivity contribution in [3.05, 3.63) is 53.1 Å². The molecule has 2 aromatic rings. The number of nitrogen functional groups attached to an aromatic ring is 1. The predicted octanol–water partition coefficient (Wildman–Crippen LogP) is 3.84. The molecule has 4 nitrogen and oxygen atoms in total. The van der Waals surface area contributed by atoms with Crippen LogP contribution in [0.5, 0.6) is 0 Å². The van der Waals surface area contributed by atoms with Crippen molar-refractivity contribution in [2.75, 3.05) is 16.4 Å². The zero-order valence-electron chi connectivity index (χ0n) is 11.9. The van der Waals surface area contributed by atoms with Crippen molar-refractivity contribution in [1.82, 2.24) is 0 Å². The van der Waals surface area contributed by atoms with Crippen LogP contribution in [0.15, 0.2) is 36.4 Å². The van der Waals surface area contributed by atoms with Gasteiger partial charge < -0.3 is 16.4 Å². The summed E-state index contributed by atoms with van der Waals surface area (Å²) in [5.41, 5.74) is 11.1. The van der Waals surface area contributed by atoms with Crippen LogP contribution in [0.25, 0.3) is 0 Å². The summed E-state index contributed by atoms with van der Waals surface area (Å²) in [4.78, 5) is 11.9. The van der Waals surface area contributed by atoms with Crippen LogP contribution in [0.2, 0.25) is 0 Å². The molecule has 0 aliphatic rings. The lowest BCUT2D eigenvalue weighted by molar-refractivity contribution is 0.262. The van der Waals surface area contributed by atoms with E-state index in [0.717, 1.165) is 22.4 Å². The lowest BCUT2D eigenvalue weighted by Crippen LogP contribution is -2.19. The summed E-state index contributed by atoms with van der Waals surface area (Å²) in [7, 11) is 0. The first-order valence-electron chi connectivity index (χ1n) is 6.46. The molecule has 0 heterocycles. The predicted molar refractivity (Wildman–Crippen MR) is 84.1 cm³/mol. The van der Waals surface area contributed by atoms with Crippen molar-refractivity contribution >= 4 is 23.1 Å². The van der Waals surface area contributed by atoms with E-state index in [9.17, 15) is 4.79 Å². The minimum atomic E-state index is -0.279. The largest absolute Gasteiger partial charge is 0.398 e. The van der Waals surface area contributed by atoms with Gasteiger partial charge in [0.05, 0.1) is 0 Å². The van der Waals surface area contributed by atoms with E-state index < -0.39 is 0 Å². The molecule has 0 aliphatic heterocycles. The number of hydrogen-bond acceptors (Lipinski definition) is 2. The van der Waals surface area contributed by atoms with Gasteiger partial charge in [-0.25, -0.2) is 4.79 Å². The molecule has 0 saturated heterocycles. The fourth-order valence-corrected chi connectivity index (χ4v) is 2.06. The van der Waals surface area contributed by atoms with Crippen LogP contribution in [-0.4, -0.2) is 6.03 Å². The standard InChI is InChI=1S/C16H19N3O/c1-10-6-11(2)8-14(7-10)19-16(20)18-13-5-4-12(3)15(17)9-13/h4-9H,17H2,1-3H3,(H2,18,19,20). The maximum atomic E-state index is 11.9. The Morgan fingerprint density at radius 2 is 1.50 bits per heavy atom. The fraction of sp³-hybridized carbons (Fsp3) is 0.188. The molecule has 20 heavy (non-hydrogen) atoms.